The molecular formula is C17H32N4O3. The Morgan fingerprint density at radius 3 is 2.21 bits per heavy atom. The molecule has 0 aromatic heterocycles. The number of hydrogen-bond acceptors (Lipinski definition) is 5. The molecule has 0 spiro atoms. The molecule has 7 nitrogen and oxygen atoms in total. The number of carbonyl (C=O) groups excluding carboxylic acids is 2. The van der Waals surface area contributed by atoms with Crippen LogP contribution >= 0.6 is 0 Å². The zero-order chi connectivity index (χ0) is 17.5. The number of aliphatic hydroxyl groups excluding tert-OH is 1. The lowest BCUT2D eigenvalue weighted by molar-refractivity contribution is -0.139. The molecule has 2 rings (SSSR count). The molecule has 7 heteroatoms. The van der Waals surface area contributed by atoms with E-state index < -0.39 is 0 Å². The average Bonchev–Trinajstić information content (AvgIpc) is 2.60. The molecule has 0 bridgehead atoms. The maximum Gasteiger partial charge on any atom is 0.239 e. The molecule has 2 amide bonds. The normalized spacial score (nSPS) is 21.8. The van der Waals surface area contributed by atoms with Crippen molar-refractivity contribution in [2.75, 3.05) is 59.0 Å². The Morgan fingerprint density at radius 1 is 1.08 bits per heavy atom. The molecule has 1 atom stereocenters. The molecule has 0 unspecified atom stereocenters. The number of rotatable bonds is 6. The summed E-state index contributed by atoms with van der Waals surface area (Å²) in [6.07, 6.45) is 2.23. The van der Waals surface area contributed by atoms with Gasteiger partial charge in [-0.25, -0.2) is 0 Å². The SMILES string of the molecule is CC(=O)N1CCN(C(=O)[C@@H](C)NCC2CCN(CCO)CC2)CC1. The van der Waals surface area contributed by atoms with Gasteiger partial charge in [-0.15, -0.1) is 0 Å². The number of β-amino-alcohol motifs (C(OH)–C–C–N with tert-alkyl or cyclic N) is 1. The Balaban J connectivity index is 1.66. The maximum atomic E-state index is 12.5. The number of amides is 2. The second kappa shape index (κ2) is 9.34. The molecule has 138 valence electrons. The summed E-state index contributed by atoms with van der Waals surface area (Å²) in [5.41, 5.74) is 0. The average molecular weight is 340 g/mol. The fraction of sp³-hybridized carbons (Fsp3) is 0.882. The summed E-state index contributed by atoms with van der Waals surface area (Å²) in [6.45, 7) is 9.96. The summed E-state index contributed by atoms with van der Waals surface area (Å²) in [7, 11) is 0. The topological polar surface area (TPSA) is 76.1 Å². The molecule has 0 aromatic rings. The Labute approximate surface area is 145 Å². The summed E-state index contributed by atoms with van der Waals surface area (Å²) in [6, 6.07) is -0.177. The van der Waals surface area contributed by atoms with Crippen LogP contribution in [0.1, 0.15) is 26.7 Å². The zero-order valence-corrected chi connectivity index (χ0v) is 15.0. The Kier molecular flexibility index (Phi) is 7.45. The molecule has 0 radical (unpaired) electrons. The fourth-order valence-electron chi connectivity index (χ4n) is 3.50. The number of piperidine rings is 1. The van der Waals surface area contributed by atoms with Crippen molar-refractivity contribution >= 4 is 11.8 Å². The van der Waals surface area contributed by atoms with Crippen molar-refractivity contribution in [1.29, 1.82) is 0 Å². The van der Waals surface area contributed by atoms with E-state index in [9.17, 15) is 9.59 Å². The predicted octanol–water partition coefficient (Wildman–Crippen LogP) is -0.640. The molecule has 0 aliphatic carbocycles. The molecule has 2 aliphatic rings. The fourth-order valence-corrected chi connectivity index (χ4v) is 3.50. The molecule has 24 heavy (non-hydrogen) atoms. The van der Waals surface area contributed by atoms with E-state index in [1.165, 1.54) is 0 Å². The van der Waals surface area contributed by atoms with E-state index in [1.807, 2.05) is 11.8 Å². The number of carbonyl (C=O) groups is 2. The van der Waals surface area contributed by atoms with Crippen LogP contribution in [0.2, 0.25) is 0 Å². The third kappa shape index (κ3) is 5.43. The van der Waals surface area contributed by atoms with E-state index in [0.29, 0.717) is 32.1 Å². The number of piperazine rings is 1. The number of nitrogens with one attached hydrogen (secondary N) is 1. The van der Waals surface area contributed by atoms with E-state index in [0.717, 1.165) is 39.0 Å². The second-order valence-electron chi connectivity index (χ2n) is 6.97. The monoisotopic (exact) mass is 340 g/mol. The number of hydrogen-bond donors (Lipinski definition) is 2. The van der Waals surface area contributed by atoms with Crippen LogP contribution in [0.15, 0.2) is 0 Å². The molecule has 0 saturated carbocycles. The van der Waals surface area contributed by atoms with Gasteiger partial charge in [0.25, 0.3) is 0 Å². The van der Waals surface area contributed by atoms with Gasteiger partial charge in [-0.1, -0.05) is 0 Å². The zero-order valence-electron chi connectivity index (χ0n) is 15.0. The van der Waals surface area contributed by atoms with Crippen molar-refractivity contribution in [2.24, 2.45) is 5.92 Å². The minimum Gasteiger partial charge on any atom is -0.395 e. The largest absolute Gasteiger partial charge is 0.395 e. The predicted molar refractivity (Wildman–Crippen MR) is 92.5 cm³/mol. The highest BCUT2D eigenvalue weighted by Crippen LogP contribution is 2.16. The highest BCUT2D eigenvalue weighted by atomic mass is 16.3. The van der Waals surface area contributed by atoms with Gasteiger partial charge in [-0.05, 0) is 45.3 Å². The molecule has 0 aromatic carbocycles. The lowest BCUT2D eigenvalue weighted by Gasteiger charge is -2.36. The first-order valence-corrected chi connectivity index (χ1v) is 9.12. The summed E-state index contributed by atoms with van der Waals surface area (Å²) in [5, 5.41) is 12.4. The van der Waals surface area contributed by atoms with Gasteiger partial charge in [0, 0.05) is 39.6 Å². The van der Waals surface area contributed by atoms with Crippen molar-refractivity contribution in [2.45, 2.75) is 32.7 Å². The van der Waals surface area contributed by atoms with E-state index in [4.69, 9.17) is 5.11 Å². The second-order valence-corrected chi connectivity index (χ2v) is 6.97. The van der Waals surface area contributed by atoms with Crippen LogP contribution in [0.5, 0.6) is 0 Å². The lowest BCUT2D eigenvalue weighted by Crippen LogP contribution is -2.54. The van der Waals surface area contributed by atoms with Crippen molar-refractivity contribution in [3.8, 4) is 0 Å². The third-order valence-electron chi connectivity index (χ3n) is 5.24. The van der Waals surface area contributed by atoms with Crippen molar-refractivity contribution in [1.82, 2.24) is 20.0 Å². The minimum atomic E-state index is -0.177. The van der Waals surface area contributed by atoms with Gasteiger partial charge >= 0.3 is 0 Å². The minimum absolute atomic E-state index is 0.0841. The smallest absolute Gasteiger partial charge is 0.239 e. The van der Waals surface area contributed by atoms with Gasteiger partial charge in [0.1, 0.15) is 0 Å². The first-order chi connectivity index (χ1) is 11.5. The van der Waals surface area contributed by atoms with Gasteiger partial charge in [0.15, 0.2) is 0 Å². The van der Waals surface area contributed by atoms with Gasteiger partial charge in [0.2, 0.25) is 11.8 Å². The lowest BCUT2D eigenvalue weighted by atomic mass is 9.96. The Hall–Kier alpha value is -1.18. The standard InChI is InChI=1S/C17H32N4O3/c1-14(17(24)21-9-7-20(8-10-21)15(2)23)18-13-16-3-5-19(6-4-16)11-12-22/h14,16,18,22H,3-13H2,1-2H3/t14-/m1/s1. The quantitative estimate of drug-likeness (QED) is 0.673. The van der Waals surface area contributed by atoms with E-state index in [-0.39, 0.29) is 24.5 Å². The molecule has 2 aliphatic heterocycles. The molecule has 2 heterocycles. The van der Waals surface area contributed by atoms with Crippen molar-refractivity contribution < 1.29 is 14.7 Å². The summed E-state index contributed by atoms with van der Waals surface area (Å²) in [5.74, 6) is 0.821. The number of likely N-dealkylation sites (tertiary alicyclic amines) is 1. The summed E-state index contributed by atoms with van der Waals surface area (Å²) in [4.78, 5) is 29.8. The summed E-state index contributed by atoms with van der Waals surface area (Å²) >= 11 is 0. The Bertz CT molecular complexity index is 416. The molecule has 2 fully saturated rings. The van der Waals surface area contributed by atoms with Crippen LogP contribution in [0.4, 0.5) is 0 Å². The molecule has 2 saturated heterocycles. The van der Waals surface area contributed by atoms with Crippen LogP contribution < -0.4 is 5.32 Å². The van der Waals surface area contributed by atoms with E-state index in [2.05, 4.69) is 10.2 Å². The highest BCUT2D eigenvalue weighted by Gasteiger charge is 2.26. The van der Waals surface area contributed by atoms with Crippen LogP contribution in [-0.2, 0) is 9.59 Å². The van der Waals surface area contributed by atoms with Crippen molar-refractivity contribution in [3.63, 3.8) is 0 Å². The van der Waals surface area contributed by atoms with Crippen LogP contribution in [-0.4, -0.2) is 96.6 Å². The molecule has 2 N–H and O–H groups in total. The molecular weight excluding hydrogens is 308 g/mol. The van der Waals surface area contributed by atoms with E-state index in [1.54, 1.807) is 11.8 Å². The first-order valence-electron chi connectivity index (χ1n) is 9.12. The maximum absolute atomic E-state index is 12.5. The van der Waals surface area contributed by atoms with Crippen molar-refractivity contribution in [3.05, 3.63) is 0 Å². The van der Waals surface area contributed by atoms with Crippen LogP contribution in [0.25, 0.3) is 0 Å². The number of nitrogens with zero attached hydrogens (tertiary/aromatic N) is 3. The van der Waals surface area contributed by atoms with Crippen LogP contribution in [0.3, 0.4) is 0 Å². The Morgan fingerprint density at radius 2 is 1.67 bits per heavy atom. The number of aliphatic hydroxyl groups is 1. The van der Waals surface area contributed by atoms with E-state index >= 15 is 0 Å². The summed E-state index contributed by atoms with van der Waals surface area (Å²) < 4.78 is 0. The van der Waals surface area contributed by atoms with Crippen LogP contribution in [0, 0.1) is 5.92 Å². The van der Waals surface area contributed by atoms with Gasteiger partial charge < -0.3 is 25.1 Å². The van der Waals surface area contributed by atoms with Gasteiger partial charge in [0.05, 0.1) is 12.6 Å². The van der Waals surface area contributed by atoms with Gasteiger partial charge in [-0.2, -0.15) is 0 Å². The third-order valence-corrected chi connectivity index (χ3v) is 5.24. The van der Waals surface area contributed by atoms with Gasteiger partial charge in [-0.3, -0.25) is 9.59 Å². The first kappa shape index (κ1) is 19.1. The highest BCUT2D eigenvalue weighted by molar-refractivity contribution is 5.82.